The Hall–Kier alpha value is -2.08. The van der Waals surface area contributed by atoms with Crippen LogP contribution in [-0.2, 0) is 16.0 Å². The average molecular weight is 402 g/mol. The standard InChI is InChI=1S/C23H35N3O3/c1-18-10-14-26(15-11-18)13-3-2-12-24-22(27)5-4-16-29-20-7-8-21-19(17-20)6-9-23(28)25-21/h7-8,17-18H,2-6,9-16H2,1H3,(H,24,27)(H,25,28). The highest BCUT2D eigenvalue weighted by molar-refractivity contribution is 5.94. The Morgan fingerprint density at radius 1 is 1.21 bits per heavy atom. The zero-order valence-corrected chi connectivity index (χ0v) is 17.7. The number of fused-ring (bicyclic) bond motifs is 1. The molecule has 2 heterocycles. The summed E-state index contributed by atoms with van der Waals surface area (Å²) >= 11 is 0. The number of piperidine rings is 1. The van der Waals surface area contributed by atoms with E-state index in [-0.39, 0.29) is 11.8 Å². The molecule has 0 saturated carbocycles. The molecule has 0 bridgehead atoms. The number of nitrogens with one attached hydrogen (secondary N) is 2. The summed E-state index contributed by atoms with van der Waals surface area (Å²) in [6.45, 7) is 7.23. The van der Waals surface area contributed by atoms with E-state index in [1.807, 2.05) is 18.2 Å². The smallest absolute Gasteiger partial charge is 0.224 e. The number of rotatable bonds is 10. The van der Waals surface area contributed by atoms with Gasteiger partial charge in [0.2, 0.25) is 11.8 Å². The summed E-state index contributed by atoms with van der Waals surface area (Å²) < 4.78 is 5.77. The third-order valence-corrected chi connectivity index (χ3v) is 5.89. The van der Waals surface area contributed by atoms with Crippen LogP contribution in [0, 0.1) is 5.92 Å². The molecule has 6 nitrogen and oxygen atoms in total. The molecule has 0 aromatic heterocycles. The number of anilines is 1. The molecule has 6 heteroatoms. The van der Waals surface area contributed by atoms with Crippen LogP contribution >= 0.6 is 0 Å². The van der Waals surface area contributed by atoms with Crippen LogP contribution in [0.4, 0.5) is 5.69 Å². The van der Waals surface area contributed by atoms with E-state index in [4.69, 9.17) is 4.74 Å². The van der Waals surface area contributed by atoms with Gasteiger partial charge >= 0.3 is 0 Å². The number of hydrogen-bond donors (Lipinski definition) is 2. The summed E-state index contributed by atoms with van der Waals surface area (Å²) in [6.07, 6.45) is 7.29. The second kappa shape index (κ2) is 11.2. The van der Waals surface area contributed by atoms with Crippen LogP contribution in [0.2, 0.25) is 0 Å². The van der Waals surface area contributed by atoms with Crippen molar-refractivity contribution in [1.29, 1.82) is 0 Å². The molecule has 0 unspecified atom stereocenters. The molecule has 0 atom stereocenters. The van der Waals surface area contributed by atoms with Gasteiger partial charge in [-0.3, -0.25) is 9.59 Å². The number of carbonyl (C=O) groups is 2. The van der Waals surface area contributed by atoms with Crippen molar-refractivity contribution < 1.29 is 14.3 Å². The lowest BCUT2D eigenvalue weighted by Crippen LogP contribution is -2.34. The monoisotopic (exact) mass is 401 g/mol. The first-order valence-corrected chi connectivity index (χ1v) is 11.1. The van der Waals surface area contributed by atoms with E-state index in [0.717, 1.165) is 55.3 Å². The van der Waals surface area contributed by atoms with Gasteiger partial charge in [0.15, 0.2) is 0 Å². The van der Waals surface area contributed by atoms with Crippen LogP contribution < -0.4 is 15.4 Å². The minimum absolute atomic E-state index is 0.0679. The van der Waals surface area contributed by atoms with Crippen LogP contribution in [0.3, 0.4) is 0 Å². The van der Waals surface area contributed by atoms with E-state index in [1.54, 1.807) is 0 Å². The molecule has 1 saturated heterocycles. The first-order valence-electron chi connectivity index (χ1n) is 11.1. The van der Waals surface area contributed by atoms with Gasteiger partial charge in [-0.05, 0) is 87.8 Å². The van der Waals surface area contributed by atoms with Crippen molar-refractivity contribution in [3.63, 3.8) is 0 Å². The molecule has 0 aliphatic carbocycles. The Morgan fingerprint density at radius 2 is 2.03 bits per heavy atom. The second-order valence-corrected chi connectivity index (χ2v) is 8.40. The Labute approximate surface area is 174 Å². The minimum Gasteiger partial charge on any atom is -0.494 e. The Balaban J connectivity index is 1.21. The summed E-state index contributed by atoms with van der Waals surface area (Å²) in [5.41, 5.74) is 1.99. The number of unbranched alkanes of at least 4 members (excludes halogenated alkanes) is 1. The number of carbonyl (C=O) groups excluding carboxylic acids is 2. The van der Waals surface area contributed by atoms with E-state index >= 15 is 0 Å². The fourth-order valence-corrected chi connectivity index (χ4v) is 3.93. The van der Waals surface area contributed by atoms with Crippen molar-refractivity contribution >= 4 is 17.5 Å². The maximum Gasteiger partial charge on any atom is 0.224 e. The molecule has 160 valence electrons. The van der Waals surface area contributed by atoms with Gasteiger partial charge in [-0.15, -0.1) is 0 Å². The van der Waals surface area contributed by atoms with Gasteiger partial charge in [0.05, 0.1) is 6.61 Å². The maximum absolute atomic E-state index is 12.0. The van der Waals surface area contributed by atoms with Gasteiger partial charge in [-0.2, -0.15) is 0 Å². The highest BCUT2D eigenvalue weighted by atomic mass is 16.5. The number of hydrogen-bond acceptors (Lipinski definition) is 4. The SMILES string of the molecule is CC1CCN(CCCCNC(=O)CCCOc2ccc3c(c2)CCC(=O)N3)CC1. The summed E-state index contributed by atoms with van der Waals surface area (Å²) in [5.74, 6) is 1.85. The quantitative estimate of drug-likeness (QED) is 0.590. The fraction of sp³-hybridized carbons (Fsp3) is 0.652. The predicted octanol–water partition coefficient (Wildman–Crippen LogP) is 3.36. The third-order valence-electron chi connectivity index (χ3n) is 5.89. The largest absolute Gasteiger partial charge is 0.494 e. The molecule has 2 N–H and O–H groups in total. The molecule has 0 radical (unpaired) electrons. The normalized spacial score (nSPS) is 17.5. The highest BCUT2D eigenvalue weighted by Crippen LogP contribution is 2.26. The molecular formula is C23H35N3O3. The van der Waals surface area contributed by atoms with Crippen molar-refractivity contribution in [2.24, 2.45) is 5.92 Å². The van der Waals surface area contributed by atoms with Crippen LogP contribution in [0.5, 0.6) is 5.75 Å². The minimum atomic E-state index is 0.0679. The molecule has 2 amide bonds. The first kappa shape index (κ1) is 21.6. The Bertz CT molecular complexity index is 684. The fourth-order valence-electron chi connectivity index (χ4n) is 3.93. The van der Waals surface area contributed by atoms with E-state index in [0.29, 0.717) is 25.9 Å². The number of aryl methyl sites for hydroxylation is 1. The zero-order chi connectivity index (χ0) is 20.5. The summed E-state index contributed by atoms with van der Waals surface area (Å²) in [5, 5.41) is 5.89. The van der Waals surface area contributed by atoms with Crippen LogP contribution in [-0.4, -0.2) is 49.5 Å². The van der Waals surface area contributed by atoms with Gasteiger partial charge < -0.3 is 20.3 Å². The average Bonchev–Trinajstić information content (AvgIpc) is 2.72. The number of nitrogens with zero attached hydrogens (tertiary/aromatic N) is 1. The molecule has 1 aromatic rings. The molecule has 1 aromatic carbocycles. The molecule has 0 spiro atoms. The number of ether oxygens (including phenoxy) is 1. The highest BCUT2D eigenvalue weighted by Gasteiger charge is 2.16. The van der Waals surface area contributed by atoms with Crippen molar-refractivity contribution in [3.05, 3.63) is 23.8 Å². The van der Waals surface area contributed by atoms with Crippen molar-refractivity contribution in [2.45, 2.75) is 58.3 Å². The Kier molecular flexibility index (Phi) is 8.35. The van der Waals surface area contributed by atoms with E-state index in [1.165, 1.54) is 25.9 Å². The molecule has 3 rings (SSSR count). The lowest BCUT2D eigenvalue weighted by molar-refractivity contribution is -0.121. The summed E-state index contributed by atoms with van der Waals surface area (Å²) in [4.78, 5) is 25.9. The summed E-state index contributed by atoms with van der Waals surface area (Å²) in [6, 6.07) is 5.74. The van der Waals surface area contributed by atoms with Crippen molar-refractivity contribution in [2.75, 3.05) is 38.1 Å². The molecule has 2 aliphatic heterocycles. The molecule has 1 fully saturated rings. The molecule has 29 heavy (non-hydrogen) atoms. The third kappa shape index (κ3) is 7.35. The van der Waals surface area contributed by atoms with Crippen molar-refractivity contribution in [3.8, 4) is 5.75 Å². The van der Waals surface area contributed by atoms with Crippen molar-refractivity contribution in [1.82, 2.24) is 10.2 Å². The Morgan fingerprint density at radius 3 is 2.86 bits per heavy atom. The number of benzene rings is 1. The predicted molar refractivity (Wildman–Crippen MR) is 115 cm³/mol. The van der Waals surface area contributed by atoms with Gasteiger partial charge in [-0.25, -0.2) is 0 Å². The van der Waals surface area contributed by atoms with Crippen LogP contribution in [0.15, 0.2) is 18.2 Å². The van der Waals surface area contributed by atoms with Crippen LogP contribution in [0.1, 0.15) is 57.4 Å². The molecular weight excluding hydrogens is 366 g/mol. The number of likely N-dealkylation sites (tertiary alicyclic amines) is 1. The number of amides is 2. The topological polar surface area (TPSA) is 70.7 Å². The van der Waals surface area contributed by atoms with E-state index < -0.39 is 0 Å². The van der Waals surface area contributed by atoms with Crippen LogP contribution in [0.25, 0.3) is 0 Å². The van der Waals surface area contributed by atoms with Gasteiger partial charge in [0, 0.05) is 25.1 Å². The second-order valence-electron chi connectivity index (χ2n) is 8.40. The zero-order valence-electron chi connectivity index (χ0n) is 17.7. The lowest BCUT2D eigenvalue weighted by Gasteiger charge is -2.30. The van der Waals surface area contributed by atoms with E-state index in [9.17, 15) is 9.59 Å². The van der Waals surface area contributed by atoms with Gasteiger partial charge in [-0.1, -0.05) is 6.92 Å². The summed E-state index contributed by atoms with van der Waals surface area (Å²) in [7, 11) is 0. The van der Waals surface area contributed by atoms with Gasteiger partial charge in [0.1, 0.15) is 5.75 Å². The molecule has 2 aliphatic rings. The van der Waals surface area contributed by atoms with Gasteiger partial charge in [0.25, 0.3) is 0 Å². The maximum atomic E-state index is 12.0. The lowest BCUT2D eigenvalue weighted by atomic mass is 9.99. The van der Waals surface area contributed by atoms with E-state index in [2.05, 4.69) is 22.5 Å². The first-order chi connectivity index (χ1) is 14.1.